The number of carbonyl (C=O) groups excluding carboxylic acids is 2. The second-order valence-corrected chi connectivity index (χ2v) is 6.62. The third kappa shape index (κ3) is 4.13. The molecule has 2 N–H and O–H groups in total. The van der Waals surface area contributed by atoms with Gasteiger partial charge in [-0.25, -0.2) is 0 Å². The zero-order valence-electron chi connectivity index (χ0n) is 14.3. The van der Waals surface area contributed by atoms with E-state index in [4.69, 9.17) is 0 Å². The van der Waals surface area contributed by atoms with Crippen LogP contribution in [0.4, 0.5) is 5.69 Å². The first kappa shape index (κ1) is 16.9. The van der Waals surface area contributed by atoms with Crippen molar-refractivity contribution in [3.63, 3.8) is 0 Å². The molecule has 2 aliphatic rings. The molecule has 130 valence electrons. The van der Waals surface area contributed by atoms with Crippen molar-refractivity contribution in [2.24, 2.45) is 0 Å². The van der Waals surface area contributed by atoms with Crippen molar-refractivity contribution >= 4 is 17.5 Å². The maximum Gasteiger partial charge on any atom is 0.234 e. The second kappa shape index (κ2) is 7.77. The van der Waals surface area contributed by atoms with Gasteiger partial charge in [0.1, 0.15) is 0 Å². The number of piperazine rings is 1. The number of carbonyl (C=O) groups is 2. The standard InChI is InChI=1S/C18H26N4O2/c1-14-11-19-8-10-21(14)13-17(23)20-12-15-4-6-16(7-5-15)22-9-2-3-18(22)24/h4-7,14,19H,2-3,8-13H2,1H3,(H,20,23)/t14-/m0/s1. The summed E-state index contributed by atoms with van der Waals surface area (Å²) in [6.07, 6.45) is 1.57. The summed E-state index contributed by atoms with van der Waals surface area (Å²) >= 11 is 0. The molecule has 3 rings (SSSR count). The number of amides is 2. The Labute approximate surface area is 143 Å². The van der Waals surface area contributed by atoms with E-state index in [1.165, 1.54) is 0 Å². The zero-order valence-corrected chi connectivity index (χ0v) is 14.3. The monoisotopic (exact) mass is 330 g/mol. The summed E-state index contributed by atoms with van der Waals surface area (Å²) < 4.78 is 0. The van der Waals surface area contributed by atoms with E-state index in [2.05, 4.69) is 22.5 Å². The molecule has 6 nitrogen and oxygen atoms in total. The zero-order chi connectivity index (χ0) is 16.9. The van der Waals surface area contributed by atoms with Crippen molar-refractivity contribution in [1.29, 1.82) is 0 Å². The quantitative estimate of drug-likeness (QED) is 0.835. The lowest BCUT2D eigenvalue weighted by atomic mass is 10.2. The third-order valence-corrected chi connectivity index (χ3v) is 4.80. The van der Waals surface area contributed by atoms with Crippen LogP contribution in [0, 0.1) is 0 Å². The molecule has 0 bridgehead atoms. The molecule has 0 spiro atoms. The Balaban J connectivity index is 1.47. The van der Waals surface area contributed by atoms with Gasteiger partial charge in [0.25, 0.3) is 0 Å². The minimum atomic E-state index is 0.0579. The topological polar surface area (TPSA) is 64.7 Å². The van der Waals surface area contributed by atoms with Crippen LogP contribution in [0.15, 0.2) is 24.3 Å². The molecule has 0 aromatic heterocycles. The highest BCUT2D eigenvalue weighted by Gasteiger charge is 2.22. The summed E-state index contributed by atoms with van der Waals surface area (Å²) in [6, 6.07) is 8.27. The summed E-state index contributed by atoms with van der Waals surface area (Å²) in [5.74, 6) is 0.253. The molecule has 1 atom stereocenters. The number of nitrogens with zero attached hydrogens (tertiary/aromatic N) is 2. The molecule has 2 heterocycles. The van der Waals surface area contributed by atoms with Gasteiger partial charge >= 0.3 is 0 Å². The van der Waals surface area contributed by atoms with Crippen LogP contribution in [0.1, 0.15) is 25.3 Å². The van der Waals surface area contributed by atoms with Crippen LogP contribution in [-0.4, -0.2) is 55.5 Å². The van der Waals surface area contributed by atoms with Crippen molar-refractivity contribution in [3.05, 3.63) is 29.8 Å². The molecule has 0 saturated carbocycles. The number of anilines is 1. The number of hydrogen-bond donors (Lipinski definition) is 2. The molecular formula is C18H26N4O2. The molecule has 2 amide bonds. The first-order chi connectivity index (χ1) is 11.6. The molecule has 2 fully saturated rings. The Bertz CT molecular complexity index is 587. The summed E-state index contributed by atoms with van der Waals surface area (Å²) in [6.45, 7) is 6.69. The average molecular weight is 330 g/mol. The van der Waals surface area contributed by atoms with Gasteiger partial charge in [-0.05, 0) is 31.0 Å². The van der Waals surface area contributed by atoms with Crippen LogP contribution in [0.25, 0.3) is 0 Å². The smallest absolute Gasteiger partial charge is 0.234 e. The molecule has 0 unspecified atom stereocenters. The molecule has 0 radical (unpaired) electrons. The van der Waals surface area contributed by atoms with E-state index in [-0.39, 0.29) is 11.8 Å². The van der Waals surface area contributed by atoms with Crippen LogP contribution in [0.3, 0.4) is 0 Å². The SMILES string of the molecule is C[C@H]1CNCCN1CC(=O)NCc1ccc(N2CCCC2=O)cc1. The van der Waals surface area contributed by atoms with E-state index in [0.717, 1.165) is 43.9 Å². The first-order valence-corrected chi connectivity index (χ1v) is 8.74. The van der Waals surface area contributed by atoms with Crippen molar-refractivity contribution in [2.75, 3.05) is 37.6 Å². The van der Waals surface area contributed by atoms with Crippen molar-refractivity contribution in [2.45, 2.75) is 32.4 Å². The van der Waals surface area contributed by atoms with Gasteiger partial charge in [-0.15, -0.1) is 0 Å². The van der Waals surface area contributed by atoms with Crippen LogP contribution >= 0.6 is 0 Å². The lowest BCUT2D eigenvalue weighted by Gasteiger charge is -2.33. The van der Waals surface area contributed by atoms with Crippen LogP contribution < -0.4 is 15.5 Å². The summed E-state index contributed by atoms with van der Waals surface area (Å²) in [4.78, 5) is 27.9. The molecule has 6 heteroatoms. The van der Waals surface area contributed by atoms with Gasteiger partial charge in [-0.3, -0.25) is 14.5 Å². The molecule has 24 heavy (non-hydrogen) atoms. The predicted octanol–water partition coefficient (Wildman–Crippen LogP) is 0.723. The summed E-state index contributed by atoms with van der Waals surface area (Å²) in [7, 11) is 0. The highest BCUT2D eigenvalue weighted by Crippen LogP contribution is 2.21. The number of benzene rings is 1. The van der Waals surface area contributed by atoms with E-state index >= 15 is 0 Å². The fraction of sp³-hybridized carbons (Fsp3) is 0.556. The van der Waals surface area contributed by atoms with Crippen LogP contribution in [0.2, 0.25) is 0 Å². The van der Waals surface area contributed by atoms with Gasteiger partial charge in [0.2, 0.25) is 11.8 Å². The van der Waals surface area contributed by atoms with Gasteiger partial charge in [0.15, 0.2) is 0 Å². The average Bonchev–Trinajstić information content (AvgIpc) is 3.02. The van der Waals surface area contributed by atoms with E-state index < -0.39 is 0 Å². The molecule has 2 aliphatic heterocycles. The van der Waals surface area contributed by atoms with Crippen LogP contribution in [-0.2, 0) is 16.1 Å². The Morgan fingerprint density at radius 3 is 2.75 bits per heavy atom. The van der Waals surface area contributed by atoms with Gasteiger partial charge in [-0.2, -0.15) is 0 Å². The van der Waals surface area contributed by atoms with Crippen LogP contribution in [0.5, 0.6) is 0 Å². The van der Waals surface area contributed by atoms with Gasteiger partial charge in [0, 0.05) is 50.9 Å². The number of rotatable bonds is 5. The Morgan fingerprint density at radius 1 is 1.29 bits per heavy atom. The largest absolute Gasteiger partial charge is 0.351 e. The minimum Gasteiger partial charge on any atom is -0.351 e. The highest BCUT2D eigenvalue weighted by molar-refractivity contribution is 5.95. The van der Waals surface area contributed by atoms with Gasteiger partial charge in [-0.1, -0.05) is 12.1 Å². The molecular weight excluding hydrogens is 304 g/mol. The minimum absolute atomic E-state index is 0.0579. The van der Waals surface area contributed by atoms with E-state index in [9.17, 15) is 9.59 Å². The normalized spacial score (nSPS) is 22.0. The Hall–Kier alpha value is -1.92. The van der Waals surface area contributed by atoms with E-state index in [1.54, 1.807) is 0 Å². The van der Waals surface area contributed by atoms with Gasteiger partial charge in [0.05, 0.1) is 6.54 Å². The fourth-order valence-corrected chi connectivity index (χ4v) is 3.27. The van der Waals surface area contributed by atoms with Crippen molar-refractivity contribution in [1.82, 2.24) is 15.5 Å². The fourth-order valence-electron chi connectivity index (χ4n) is 3.27. The maximum atomic E-state index is 12.1. The Morgan fingerprint density at radius 2 is 2.08 bits per heavy atom. The van der Waals surface area contributed by atoms with Gasteiger partial charge < -0.3 is 15.5 Å². The molecule has 2 saturated heterocycles. The van der Waals surface area contributed by atoms with E-state index in [0.29, 0.717) is 25.6 Å². The molecule has 0 aliphatic carbocycles. The highest BCUT2D eigenvalue weighted by atomic mass is 16.2. The Kier molecular flexibility index (Phi) is 5.48. The second-order valence-electron chi connectivity index (χ2n) is 6.62. The number of nitrogens with one attached hydrogen (secondary N) is 2. The van der Waals surface area contributed by atoms with E-state index in [1.807, 2.05) is 29.2 Å². The summed E-state index contributed by atoms with van der Waals surface area (Å²) in [5, 5.41) is 6.31. The first-order valence-electron chi connectivity index (χ1n) is 8.74. The lowest BCUT2D eigenvalue weighted by Crippen LogP contribution is -2.52. The maximum absolute atomic E-state index is 12.1. The molecule has 1 aromatic rings. The third-order valence-electron chi connectivity index (χ3n) is 4.80. The summed E-state index contributed by atoms with van der Waals surface area (Å²) in [5.41, 5.74) is 1.99. The molecule has 1 aromatic carbocycles. The van der Waals surface area contributed by atoms with Crippen molar-refractivity contribution < 1.29 is 9.59 Å². The number of hydrogen-bond acceptors (Lipinski definition) is 4. The van der Waals surface area contributed by atoms with Crippen molar-refractivity contribution in [3.8, 4) is 0 Å². The lowest BCUT2D eigenvalue weighted by molar-refractivity contribution is -0.123. The predicted molar refractivity (Wildman–Crippen MR) is 93.8 cm³/mol.